The topological polar surface area (TPSA) is 27.1 Å². The van der Waals surface area contributed by atoms with Gasteiger partial charge < -0.3 is 4.74 Å². The summed E-state index contributed by atoms with van der Waals surface area (Å²) in [6, 6.07) is 9.77. The maximum Gasteiger partial charge on any atom is 0.318 e. The molecule has 0 amide bonds. The van der Waals surface area contributed by atoms with Crippen LogP contribution in [0.1, 0.15) is 43.7 Å². The van der Waals surface area contributed by atoms with Gasteiger partial charge in [-0.2, -0.15) is 4.98 Å². The third-order valence-electron chi connectivity index (χ3n) is 4.44. The van der Waals surface area contributed by atoms with Crippen LogP contribution in [-0.4, -0.2) is 9.07 Å². The number of aromatic nitrogens is 2. The van der Waals surface area contributed by atoms with Gasteiger partial charge >= 0.3 is 6.01 Å². The fourth-order valence-corrected chi connectivity index (χ4v) is 4.02. The second kappa shape index (κ2) is 7.45. The third-order valence-corrected chi connectivity index (χ3v) is 5.25. The van der Waals surface area contributed by atoms with Crippen LogP contribution in [0.25, 0.3) is 11.0 Å². The number of benzene rings is 2. The standard InChI is InChI=1S/C19H19Cl3N2O/c1-4-12(5-2)14-7-6-8-16-17(14)24(22)19(23-16)25-18-11(3)9-13(20)10-15(18)21/h6-10,12H,4-5H2,1-3H3. The summed E-state index contributed by atoms with van der Waals surface area (Å²) in [5, 5.41) is 0.985. The summed E-state index contributed by atoms with van der Waals surface area (Å²) in [5.74, 6) is 0.930. The predicted octanol–water partition coefficient (Wildman–Crippen LogP) is 7.35. The lowest BCUT2D eigenvalue weighted by Gasteiger charge is -2.14. The highest BCUT2D eigenvalue weighted by atomic mass is 35.5. The average Bonchev–Trinajstić information content (AvgIpc) is 2.89. The van der Waals surface area contributed by atoms with Gasteiger partial charge in [-0.05, 0) is 55.0 Å². The van der Waals surface area contributed by atoms with E-state index in [2.05, 4.69) is 24.9 Å². The summed E-state index contributed by atoms with van der Waals surface area (Å²) in [6.45, 7) is 6.23. The predicted molar refractivity (Wildman–Crippen MR) is 106 cm³/mol. The number of imidazole rings is 1. The third kappa shape index (κ3) is 3.46. The Labute approximate surface area is 162 Å². The molecule has 25 heavy (non-hydrogen) atoms. The Bertz CT molecular complexity index is 893. The number of para-hydroxylation sites is 1. The number of hydrogen-bond acceptors (Lipinski definition) is 2. The zero-order chi connectivity index (χ0) is 18.1. The van der Waals surface area contributed by atoms with Gasteiger partial charge in [0.1, 0.15) is 0 Å². The van der Waals surface area contributed by atoms with Gasteiger partial charge in [-0.3, -0.25) is 0 Å². The molecule has 0 aliphatic carbocycles. The highest BCUT2D eigenvalue weighted by Gasteiger charge is 2.20. The zero-order valence-electron chi connectivity index (χ0n) is 14.3. The lowest BCUT2D eigenvalue weighted by molar-refractivity contribution is 0.440. The first-order chi connectivity index (χ1) is 12.0. The Hall–Kier alpha value is -1.42. The van der Waals surface area contributed by atoms with E-state index in [1.807, 2.05) is 19.1 Å². The van der Waals surface area contributed by atoms with Crippen molar-refractivity contribution in [2.24, 2.45) is 0 Å². The number of rotatable bonds is 5. The largest absolute Gasteiger partial charge is 0.423 e. The molecule has 0 saturated carbocycles. The maximum absolute atomic E-state index is 6.57. The van der Waals surface area contributed by atoms with E-state index in [-0.39, 0.29) is 0 Å². The molecule has 0 fully saturated rings. The number of hydrogen-bond donors (Lipinski definition) is 0. The van der Waals surface area contributed by atoms with Crippen molar-refractivity contribution in [1.82, 2.24) is 9.07 Å². The minimum atomic E-state index is 0.294. The SMILES string of the molecule is CCC(CC)c1cccc2nc(Oc3c(C)cc(Cl)cc3Cl)n(Cl)c12. The molecule has 0 radical (unpaired) electrons. The van der Waals surface area contributed by atoms with Gasteiger partial charge in [-0.25, -0.2) is 4.09 Å². The normalized spacial score (nSPS) is 11.5. The Morgan fingerprint density at radius 1 is 1.16 bits per heavy atom. The Balaban J connectivity index is 2.10. The second-order valence-corrected chi connectivity index (χ2v) is 7.22. The zero-order valence-corrected chi connectivity index (χ0v) is 16.6. The lowest BCUT2D eigenvalue weighted by atomic mass is 9.93. The molecule has 3 nitrogen and oxygen atoms in total. The fraction of sp³-hybridized carbons (Fsp3) is 0.316. The summed E-state index contributed by atoms with van der Waals surface area (Å²) in [7, 11) is 0. The molecular weight excluding hydrogens is 379 g/mol. The highest BCUT2D eigenvalue weighted by molar-refractivity contribution is 6.35. The van der Waals surface area contributed by atoms with E-state index in [0.29, 0.717) is 27.7 Å². The van der Waals surface area contributed by atoms with Crippen LogP contribution < -0.4 is 4.74 Å². The molecule has 6 heteroatoms. The van der Waals surface area contributed by atoms with E-state index in [1.54, 1.807) is 12.1 Å². The molecule has 1 heterocycles. The van der Waals surface area contributed by atoms with Crippen molar-refractivity contribution in [3.8, 4) is 11.8 Å². The maximum atomic E-state index is 6.57. The van der Waals surface area contributed by atoms with Crippen LogP contribution in [0.3, 0.4) is 0 Å². The van der Waals surface area contributed by atoms with E-state index in [9.17, 15) is 0 Å². The van der Waals surface area contributed by atoms with E-state index in [4.69, 9.17) is 39.7 Å². The molecule has 1 aromatic heterocycles. The molecule has 0 saturated heterocycles. The summed E-state index contributed by atoms with van der Waals surface area (Å²) in [4.78, 5) is 4.54. The van der Waals surface area contributed by atoms with Gasteiger partial charge in [0.25, 0.3) is 0 Å². The summed E-state index contributed by atoms with van der Waals surface area (Å²) in [5.41, 5.74) is 3.69. The van der Waals surface area contributed by atoms with Gasteiger partial charge in [-0.1, -0.05) is 49.2 Å². The quantitative estimate of drug-likeness (QED) is 0.450. The Morgan fingerprint density at radius 3 is 2.52 bits per heavy atom. The van der Waals surface area contributed by atoms with Crippen LogP contribution >= 0.6 is 35.0 Å². The minimum absolute atomic E-state index is 0.294. The van der Waals surface area contributed by atoms with Crippen LogP contribution in [0.15, 0.2) is 30.3 Å². The van der Waals surface area contributed by atoms with Crippen molar-refractivity contribution in [1.29, 1.82) is 0 Å². The number of ether oxygens (including phenoxy) is 1. The van der Waals surface area contributed by atoms with Crippen LogP contribution in [0.5, 0.6) is 11.8 Å². The van der Waals surface area contributed by atoms with Crippen molar-refractivity contribution in [2.75, 3.05) is 0 Å². The van der Waals surface area contributed by atoms with Crippen molar-refractivity contribution < 1.29 is 4.74 Å². The molecule has 2 aromatic carbocycles. The molecule has 0 bridgehead atoms. The van der Waals surface area contributed by atoms with Crippen LogP contribution in [0.2, 0.25) is 10.0 Å². The van der Waals surface area contributed by atoms with Crippen molar-refractivity contribution in [3.05, 3.63) is 51.5 Å². The number of aryl methyl sites for hydroxylation is 1. The molecular formula is C19H19Cl3N2O. The minimum Gasteiger partial charge on any atom is -0.423 e. The van der Waals surface area contributed by atoms with Crippen LogP contribution in [-0.2, 0) is 0 Å². The summed E-state index contributed by atoms with van der Waals surface area (Å²) >= 11 is 18.9. The van der Waals surface area contributed by atoms with E-state index in [0.717, 1.165) is 29.4 Å². The summed E-state index contributed by atoms with van der Waals surface area (Å²) < 4.78 is 7.42. The van der Waals surface area contributed by atoms with Crippen molar-refractivity contribution >= 4 is 46.0 Å². The summed E-state index contributed by atoms with van der Waals surface area (Å²) in [6.07, 6.45) is 2.08. The second-order valence-electron chi connectivity index (χ2n) is 6.04. The molecule has 3 aromatic rings. The monoisotopic (exact) mass is 396 g/mol. The van der Waals surface area contributed by atoms with Gasteiger partial charge in [0.2, 0.25) is 0 Å². The molecule has 0 N–H and O–H groups in total. The van der Waals surface area contributed by atoms with E-state index < -0.39 is 0 Å². The molecule has 132 valence electrons. The van der Waals surface area contributed by atoms with Crippen LogP contribution in [0.4, 0.5) is 0 Å². The smallest absolute Gasteiger partial charge is 0.318 e. The highest BCUT2D eigenvalue weighted by Crippen LogP contribution is 2.38. The fourth-order valence-electron chi connectivity index (χ4n) is 3.13. The number of nitrogens with zero attached hydrogens (tertiary/aromatic N) is 2. The van der Waals surface area contributed by atoms with Crippen molar-refractivity contribution in [3.63, 3.8) is 0 Å². The average molecular weight is 398 g/mol. The molecule has 0 atom stereocenters. The lowest BCUT2D eigenvalue weighted by Crippen LogP contribution is -1.99. The first-order valence-corrected chi connectivity index (χ1v) is 9.36. The van der Waals surface area contributed by atoms with E-state index in [1.165, 1.54) is 9.65 Å². The first-order valence-electron chi connectivity index (χ1n) is 8.27. The van der Waals surface area contributed by atoms with Crippen LogP contribution in [0, 0.1) is 6.92 Å². The first kappa shape index (κ1) is 18.4. The van der Waals surface area contributed by atoms with Gasteiger partial charge in [-0.15, -0.1) is 0 Å². The Morgan fingerprint density at radius 2 is 1.88 bits per heavy atom. The molecule has 0 aliphatic rings. The molecule has 0 unspecified atom stereocenters. The van der Waals surface area contributed by atoms with Crippen molar-refractivity contribution in [2.45, 2.75) is 39.5 Å². The van der Waals surface area contributed by atoms with E-state index >= 15 is 0 Å². The van der Waals surface area contributed by atoms with Gasteiger partial charge in [0, 0.05) is 16.8 Å². The molecule has 0 aliphatic heterocycles. The molecule has 0 spiro atoms. The number of halogens is 3. The molecule has 3 rings (SSSR count). The van der Waals surface area contributed by atoms with Gasteiger partial charge in [0.05, 0.1) is 16.1 Å². The van der Waals surface area contributed by atoms with Gasteiger partial charge in [0.15, 0.2) is 5.75 Å². The number of fused-ring (bicyclic) bond motifs is 1. The Kier molecular flexibility index (Phi) is 5.47.